The summed E-state index contributed by atoms with van der Waals surface area (Å²) in [6.45, 7) is 3.69. The minimum atomic E-state index is -0.449. The second-order valence-electron chi connectivity index (χ2n) is 7.11. The van der Waals surface area contributed by atoms with E-state index in [-0.39, 0.29) is 11.5 Å². The van der Waals surface area contributed by atoms with Crippen LogP contribution in [-0.2, 0) is 0 Å². The molecular weight excluding hydrogens is 398 g/mol. The Labute approximate surface area is 179 Å². The lowest BCUT2D eigenvalue weighted by Crippen LogP contribution is -2.32. The number of rotatable bonds is 4. The summed E-state index contributed by atoms with van der Waals surface area (Å²) in [6.07, 6.45) is 1.59. The maximum Gasteiger partial charge on any atom is 0.270 e. The number of hydrogen-bond donors (Lipinski definition) is 1. The number of fused-ring (bicyclic) bond motifs is 1. The molecule has 0 aliphatic heterocycles. The van der Waals surface area contributed by atoms with Gasteiger partial charge in [0, 0.05) is 17.6 Å². The van der Waals surface area contributed by atoms with E-state index < -0.39 is 6.04 Å². The highest BCUT2D eigenvalue weighted by Crippen LogP contribution is 2.25. The van der Waals surface area contributed by atoms with Crippen LogP contribution in [0.2, 0.25) is 5.02 Å². The number of carbonyl (C=O) groups excluding carboxylic acids is 1. The molecule has 0 saturated heterocycles. The summed E-state index contributed by atoms with van der Waals surface area (Å²) >= 11 is 6.34. The van der Waals surface area contributed by atoms with E-state index in [1.165, 1.54) is 0 Å². The molecule has 0 spiro atoms. The van der Waals surface area contributed by atoms with Gasteiger partial charge in [0.2, 0.25) is 0 Å². The maximum absolute atomic E-state index is 13.4. The number of benzene rings is 2. The van der Waals surface area contributed by atoms with Gasteiger partial charge in [-0.15, -0.1) is 0 Å². The molecule has 2 heterocycles. The summed E-state index contributed by atoms with van der Waals surface area (Å²) in [5, 5.41) is 4.55. The van der Waals surface area contributed by atoms with Crippen molar-refractivity contribution in [2.75, 3.05) is 0 Å². The molecule has 1 amide bonds. The number of nitrogens with zero attached hydrogens (tertiary/aromatic N) is 2. The van der Waals surface area contributed by atoms with Gasteiger partial charge in [0.05, 0.1) is 16.5 Å². The molecule has 150 valence electrons. The molecule has 4 aromatic rings. The fourth-order valence-corrected chi connectivity index (χ4v) is 3.83. The van der Waals surface area contributed by atoms with Gasteiger partial charge in [0.1, 0.15) is 5.69 Å². The molecule has 1 atom stereocenters. The minimum Gasteiger partial charge on any atom is -0.343 e. The van der Waals surface area contributed by atoms with Crippen molar-refractivity contribution in [3.05, 3.63) is 105 Å². The van der Waals surface area contributed by atoms with Gasteiger partial charge in [-0.1, -0.05) is 48.0 Å². The highest BCUT2D eigenvalue weighted by molar-refractivity contribution is 6.35. The van der Waals surface area contributed by atoms with Crippen LogP contribution in [0.4, 0.5) is 0 Å². The van der Waals surface area contributed by atoms with Crippen LogP contribution in [0.15, 0.2) is 77.7 Å². The van der Waals surface area contributed by atoms with Crippen LogP contribution in [0.1, 0.15) is 34.7 Å². The number of hydrogen-bond acceptors (Lipinski definition) is 3. The predicted octanol–water partition coefficient (Wildman–Crippen LogP) is 4.84. The molecule has 0 unspecified atom stereocenters. The van der Waals surface area contributed by atoms with Gasteiger partial charge in [-0.25, -0.2) is 0 Å². The fourth-order valence-electron chi connectivity index (χ4n) is 3.56. The van der Waals surface area contributed by atoms with E-state index in [1.807, 2.05) is 62.4 Å². The van der Waals surface area contributed by atoms with Crippen LogP contribution in [0, 0.1) is 6.92 Å². The summed E-state index contributed by atoms with van der Waals surface area (Å²) < 4.78 is 1.60. The van der Waals surface area contributed by atoms with Gasteiger partial charge >= 0.3 is 0 Å². The largest absolute Gasteiger partial charge is 0.343 e. The molecule has 0 radical (unpaired) electrons. The van der Waals surface area contributed by atoms with Crippen molar-refractivity contribution < 1.29 is 4.79 Å². The molecule has 0 fully saturated rings. The van der Waals surface area contributed by atoms with Gasteiger partial charge in [0.25, 0.3) is 11.5 Å². The summed E-state index contributed by atoms with van der Waals surface area (Å²) in [4.78, 5) is 30.4. The zero-order valence-corrected chi connectivity index (χ0v) is 17.4. The number of pyridine rings is 2. The Balaban J connectivity index is 1.86. The average molecular weight is 418 g/mol. The Morgan fingerprint density at radius 2 is 1.83 bits per heavy atom. The van der Waals surface area contributed by atoms with Crippen LogP contribution in [-0.4, -0.2) is 15.5 Å². The molecular formula is C24H20ClN3O2. The predicted molar refractivity (Wildman–Crippen MR) is 119 cm³/mol. The van der Waals surface area contributed by atoms with Crippen molar-refractivity contribution in [1.29, 1.82) is 0 Å². The zero-order chi connectivity index (χ0) is 21.3. The average Bonchev–Trinajstić information content (AvgIpc) is 2.74. The van der Waals surface area contributed by atoms with Crippen molar-refractivity contribution >= 4 is 28.3 Å². The summed E-state index contributed by atoms with van der Waals surface area (Å²) in [7, 11) is 0. The lowest BCUT2D eigenvalue weighted by atomic mass is 10.1. The van der Waals surface area contributed by atoms with Crippen LogP contribution >= 0.6 is 11.6 Å². The Bertz CT molecular complexity index is 1300. The van der Waals surface area contributed by atoms with Gasteiger partial charge in [-0.05, 0) is 55.1 Å². The van der Waals surface area contributed by atoms with Crippen molar-refractivity contribution in [3.8, 4) is 5.69 Å². The first-order valence-corrected chi connectivity index (χ1v) is 9.97. The standard InChI is InChI=1S/C24H20ClN3O2/c1-15-8-7-13-26-22(15)23(29)27-16(2)20-14-17-9-6-12-19(25)21(17)24(30)28(20)18-10-4-3-5-11-18/h3-14,16H,1-2H3,(H,27,29)/t16-/m0/s1. The second-order valence-corrected chi connectivity index (χ2v) is 7.52. The first-order chi connectivity index (χ1) is 14.5. The highest BCUT2D eigenvalue weighted by Gasteiger charge is 2.20. The monoisotopic (exact) mass is 417 g/mol. The second kappa shape index (κ2) is 8.13. The molecule has 6 heteroatoms. The lowest BCUT2D eigenvalue weighted by molar-refractivity contribution is 0.0933. The zero-order valence-electron chi connectivity index (χ0n) is 16.6. The smallest absolute Gasteiger partial charge is 0.270 e. The topological polar surface area (TPSA) is 64.0 Å². The summed E-state index contributed by atoms with van der Waals surface area (Å²) in [5.41, 5.74) is 2.28. The lowest BCUT2D eigenvalue weighted by Gasteiger charge is -2.21. The van der Waals surface area contributed by atoms with E-state index in [0.717, 1.165) is 10.9 Å². The van der Waals surface area contributed by atoms with Gasteiger partial charge in [-0.2, -0.15) is 0 Å². The third kappa shape index (κ3) is 3.60. The van der Waals surface area contributed by atoms with Gasteiger partial charge in [0.15, 0.2) is 0 Å². The first-order valence-electron chi connectivity index (χ1n) is 9.59. The molecule has 30 heavy (non-hydrogen) atoms. The van der Waals surface area contributed by atoms with Crippen molar-refractivity contribution in [1.82, 2.24) is 14.9 Å². The number of nitrogens with one attached hydrogen (secondary N) is 1. The van der Waals surface area contributed by atoms with Crippen LogP contribution < -0.4 is 10.9 Å². The first kappa shape index (κ1) is 19.9. The molecule has 4 rings (SSSR count). The molecule has 1 N–H and O–H groups in total. The van der Waals surface area contributed by atoms with Crippen LogP contribution in [0.25, 0.3) is 16.5 Å². The number of carbonyl (C=O) groups is 1. The number of para-hydroxylation sites is 1. The van der Waals surface area contributed by atoms with E-state index in [1.54, 1.807) is 29.0 Å². The molecule has 0 saturated carbocycles. The van der Waals surface area contributed by atoms with Crippen molar-refractivity contribution in [2.24, 2.45) is 0 Å². The third-order valence-corrected chi connectivity index (χ3v) is 5.37. The van der Waals surface area contributed by atoms with E-state index in [4.69, 9.17) is 11.6 Å². The number of halogens is 1. The SMILES string of the molecule is Cc1cccnc1C(=O)N[C@@H](C)c1cc2cccc(Cl)c2c(=O)n1-c1ccccc1. The van der Waals surface area contributed by atoms with E-state index in [9.17, 15) is 9.59 Å². The van der Waals surface area contributed by atoms with E-state index >= 15 is 0 Å². The molecule has 0 aliphatic carbocycles. The fraction of sp³-hybridized carbons (Fsp3) is 0.125. The Morgan fingerprint density at radius 1 is 1.07 bits per heavy atom. The molecule has 2 aromatic heterocycles. The number of amides is 1. The quantitative estimate of drug-likeness (QED) is 0.516. The van der Waals surface area contributed by atoms with Crippen LogP contribution in [0.5, 0.6) is 0 Å². The Hall–Kier alpha value is -3.44. The highest BCUT2D eigenvalue weighted by atomic mass is 35.5. The maximum atomic E-state index is 13.4. The van der Waals surface area contributed by atoms with Crippen LogP contribution in [0.3, 0.4) is 0 Å². The minimum absolute atomic E-state index is 0.227. The van der Waals surface area contributed by atoms with Crippen molar-refractivity contribution in [2.45, 2.75) is 19.9 Å². The normalized spacial score (nSPS) is 12.0. The Kier molecular flexibility index (Phi) is 5.38. The summed E-state index contributed by atoms with van der Waals surface area (Å²) in [6, 6.07) is 19.7. The van der Waals surface area contributed by atoms with Gasteiger partial charge < -0.3 is 5.32 Å². The number of aromatic nitrogens is 2. The van der Waals surface area contributed by atoms with Crippen molar-refractivity contribution in [3.63, 3.8) is 0 Å². The number of aryl methyl sites for hydroxylation is 1. The molecule has 2 aromatic carbocycles. The third-order valence-electron chi connectivity index (χ3n) is 5.05. The molecule has 0 aliphatic rings. The van der Waals surface area contributed by atoms with E-state index in [2.05, 4.69) is 10.3 Å². The van der Waals surface area contributed by atoms with Gasteiger partial charge in [-0.3, -0.25) is 19.1 Å². The molecule has 0 bridgehead atoms. The summed E-state index contributed by atoms with van der Waals surface area (Å²) in [5.74, 6) is -0.293. The van der Waals surface area contributed by atoms with E-state index in [0.29, 0.717) is 27.5 Å². The Morgan fingerprint density at radius 3 is 2.57 bits per heavy atom. The molecule has 5 nitrogen and oxygen atoms in total.